The Morgan fingerprint density at radius 2 is 1.61 bits per heavy atom. The van der Waals surface area contributed by atoms with Crippen molar-refractivity contribution in [2.45, 2.75) is 42.5 Å². The fourth-order valence-electron chi connectivity index (χ4n) is 3.66. The van der Waals surface area contributed by atoms with E-state index in [1.54, 1.807) is 18.9 Å². The topological polar surface area (TPSA) is 90.8 Å². The molecular formula is C28H35ClN2O4S. The van der Waals surface area contributed by atoms with E-state index in [0.29, 0.717) is 25.1 Å². The molecule has 3 aromatic carbocycles. The molecule has 3 unspecified atom stereocenters. The van der Waals surface area contributed by atoms with E-state index in [-0.39, 0.29) is 19.0 Å². The van der Waals surface area contributed by atoms with Crippen molar-refractivity contribution in [3.63, 3.8) is 0 Å². The first kappa shape index (κ1) is 29.7. The first-order chi connectivity index (χ1) is 17.0. The number of methoxy groups -OCH3 is 1. The standard InChI is InChI=1S/C28H34N2O4S.ClH/c1-34-23-12-8-11-22(17-23)19-29-20-27(32)25(18-21-9-4-2-5-10-21)30-28(33)26(31)15-16-35-24-13-6-3-7-14-24;/h2-14,17,25-27,29,31-32H,15-16,18-20H2,1H3,(H,30,33);1H. The number of benzene rings is 3. The normalized spacial score (nSPS) is 13.2. The maximum Gasteiger partial charge on any atom is 0.249 e. The second-order valence-electron chi connectivity index (χ2n) is 8.32. The summed E-state index contributed by atoms with van der Waals surface area (Å²) in [6.45, 7) is 0.842. The zero-order valence-electron chi connectivity index (χ0n) is 20.4. The van der Waals surface area contributed by atoms with Crippen molar-refractivity contribution in [3.8, 4) is 5.75 Å². The van der Waals surface area contributed by atoms with Crippen LogP contribution in [0.15, 0.2) is 89.8 Å². The number of rotatable bonds is 14. The summed E-state index contributed by atoms with van der Waals surface area (Å²) in [6, 6.07) is 26.8. The molecule has 0 spiro atoms. The third-order valence-electron chi connectivity index (χ3n) is 5.61. The minimum atomic E-state index is -1.14. The number of hydrogen-bond acceptors (Lipinski definition) is 6. The number of carbonyl (C=O) groups excluding carboxylic acids is 1. The largest absolute Gasteiger partial charge is 0.497 e. The van der Waals surface area contributed by atoms with Gasteiger partial charge >= 0.3 is 0 Å². The van der Waals surface area contributed by atoms with E-state index in [1.807, 2.05) is 84.9 Å². The molecule has 0 aromatic heterocycles. The minimum Gasteiger partial charge on any atom is -0.497 e. The molecule has 6 nitrogen and oxygen atoms in total. The first-order valence-electron chi connectivity index (χ1n) is 11.8. The lowest BCUT2D eigenvalue weighted by Crippen LogP contribution is -2.51. The molecule has 8 heteroatoms. The molecule has 0 bridgehead atoms. The third kappa shape index (κ3) is 10.2. The zero-order chi connectivity index (χ0) is 24.9. The van der Waals surface area contributed by atoms with E-state index in [2.05, 4.69) is 10.6 Å². The SMILES string of the molecule is COc1cccc(CNCC(O)C(Cc2ccccc2)NC(=O)C(O)CCSc2ccccc2)c1.Cl. The van der Waals surface area contributed by atoms with Crippen LogP contribution < -0.4 is 15.4 Å². The van der Waals surface area contributed by atoms with E-state index in [4.69, 9.17) is 4.74 Å². The van der Waals surface area contributed by atoms with Crippen molar-refractivity contribution >= 4 is 30.1 Å². The average molecular weight is 531 g/mol. The van der Waals surface area contributed by atoms with Crippen LogP contribution in [0.1, 0.15) is 17.5 Å². The Hall–Kier alpha value is -2.55. The average Bonchev–Trinajstić information content (AvgIpc) is 2.89. The van der Waals surface area contributed by atoms with Crippen molar-refractivity contribution < 1.29 is 19.7 Å². The quantitative estimate of drug-likeness (QED) is 0.237. The highest BCUT2D eigenvalue weighted by Crippen LogP contribution is 2.18. The van der Waals surface area contributed by atoms with Crippen LogP contribution in [0.3, 0.4) is 0 Å². The van der Waals surface area contributed by atoms with Gasteiger partial charge in [-0.25, -0.2) is 0 Å². The van der Waals surface area contributed by atoms with E-state index in [1.165, 1.54) is 0 Å². The van der Waals surface area contributed by atoms with Crippen LogP contribution in [0.2, 0.25) is 0 Å². The Balaban J connectivity index is 0.00000456. The fourth-order valence-corrected chi connectivity index (χ4v) is 4.58. The second kappa shape index (κ2) is 16.2. The number of nitrogens with one attached hydrogen (secondary N) is 2. The number of thioether (sulfide) groups is 1. The molecule has 36 heavy (non-hydrogen) atoms. The summed E-state index contributed by atoms with van der Waals surface area (Å²) in [5, 5.41) is 27.5. The van der Waals surface area contributed by atoms with Gasteiger partial charge in [-0.1, -0.05) is 60.7 Å². The molecule has 3 atom stereocenters. The Labute approximate surface area is 223 Å². The fraction of sp³-hybridized carbons (Fsp3) is 0.321. The minimum absolute atomic E-state index is 0. The van der Waals surface area contributed by atoms with Gasteiger partial charge in [-0.3, -0.25) is 4.79 Å². The van der Waals surface area contributed by atoms with Crippen LogP contribution >= 0.6 is 24.2 Å². The van der Waals surface area contributed by atoms with E-state index < -0.39 is 24.2 Å². The smallest absolute Gasteiger partial charge is 0.249 e. The molecule has 3 aromatic rings. The Bertz CT molecular complexity index is 1030. The van der Waals surface area contributed by atoms with Gasteiger partial charge in [-0.2, -0.15) is 0 Å². The van der Waals surface area contributed by atoms with Gasteiger partial charge in [0.1, 0.15) is 11.9 Å². The van der Waals surface area contributed by atoms with Crippen LogP contribution in [-0.4, -0.2) is 53.8 Å². The summed E-state index contributed by atoms with van der Waals surface area (Å²) in [7, 11) is 1.63. The van der Waals surface area contributed by atoms with Gasteiger partial charge in [-0.15, -0.1) is 24.2 Å². The van der Waals surface area contributed by atoms with Gasteiger partial charge in [0, 0.05) is 23.7 Å². The molecular weight excluding hydrogens is 496 g/mol. The van der Waals surface area contributed by atoms with Crippen molar-refractivity contribution in [3.05, 3.63) is 96.1 Å². The number of ether oxygens (including phenoxy) is 1. The molecule has 0 saturated heterocycles. The summed E-state index contributed by atoms with van der Waals surface area (Å²) in [5.74, 6) is 0.928. The maximum absolute atomic E-state index is 12.7. The molecule has 0 aliphatic carbocycles. The van der Waals surface area contributed by atoms with Crippen molar-refractivity contribution in [1.82, 2.24) is 10.6 Å². The first-order valence-corrected chi connectivity index (χ1v) is 12.8. The number of carbonyl (C=O) groups is 1. The highest BCUT2D eigenvalue weighted by Gasteiger charge is 2.25. The van der Waals surface area contributed by atoms with E-state index in [0.717, 1.165) is 21.8 Å². The number of aliphatic hydroxyl groups is 2. The maximum atomic E-state index is 12.7. The number of hydrogen-bond donors (Lipinski definition) is 4. The van der Waals surface area contributed by atoms with Gasteiger partial charge in [0.25, 0.3) is 0 Å². The zero-order valence-corrected chi connectivity index (χ0v) is 22.0. The second-order valence-corrected chi connectivity index (χ2v) is 9.49. The number of aliphatic hydroxyl groups excluding tert-OH is 2. The van der Waals surface area contributed by atoms with E-state index >= 15 is 0 Å². The lowest BCUT2D eigenvalue weighted by molar-refractivity contribution is -0.131. The van der Waals surface area contributed by atoms with E-state index in [9.17, 15) is 15.0 Å². The molecule has 0 radical (unpaired) electrons. The molecule has 0 fully saturated rings. The Morgan fingerprint density at radius 3 is 2.31 bits per heavy atom. The Morgan fingerprint density at radius 1 is 0.944 bits per heavy atom. The highest BCUT2D eigenvalue weighted by atomic mass is 35.5. The van der Waals surface area contributed by atoms with Crippen LogP contribution in [0, 0.1) is 0 Å². The van der Waals surface area contributed by atoms with Gasteiger partial charge < -0.3 is 25.6 Å². The summed E-state index contributed by atoms with van der Waals surface area (Å²) < 4.78 is 5.26. The molecule has 0 saturated carbocycles. The van der Waals surface area contributed by atoms with Crippen molar-refractivity contribution in [1.29, 1.82) is 0 Å². The number of amides is 1. The van der Waals surface area contributed by atoms with Crippen LogP contribution in [0.5, 0.6) is 5.75 Å². The van der Waals surface area contributed by atoms with Gasteiger partial charge in [-0.05, 0) is 48.2 Å². The lowest BCUT2D eigenvalue weighted by Gasteiger charge is -2.26. The monoisotopic (exact) mass is 530 g/mol. The molecule has 3 rings (SSSR count). The molecule has 0 aliphatic heterocycles. The van der Waals surface area contributed by atoms with Crippen LogP contribution in [-0.2, 0) is 17.8 Å². The lowest BCUT2D eigenvalue weighted by atomic mass is 10.0. The van der Waals surface area contributed by atoms with Crippen molar-refractivity contribution in [2.75, 3.05) is 19.4 Å². The van der Waals surface area contributed by atoms with Gasteiger partial charge in [0.15, 0.2) is 0 Å². The van der Waals surface area contributed by atoms with Crippen LogP contribution in [0.4, 0.5) is 0 Å². The molecule has 0 heterocycles. The van der Waals surface area contributed by atoms with Gasteiger partial charge in [0.2, 0.25) is 5.91 Å². The molecule has 4 N–H and O–H groups in total. The van der Waals surface area contributed by atoms with Gasteiger partial charge in [0.05, 0.1) is 19.3 Å². The summed E-state index contributed by atoms with van der Waals surface area (Å²) in [4.78, 5) is 13.8. The van der Waals surface area contributed by atoms with Crippen LogP contribution in [0.25, 0.3) is 0 Å². The summed E-state index contributed by atoms with van der Waals surface area (Å²) in [6.07, 6.45) is -1.19. The third-order valence-corrected chi connectivity index (χ3v) is 6.66. The summed E-state index contributed by atoms with van der Waals surface area (Å²) in [5.41, 5.74) is 2.03. The Kier molecular flexibility index (Phi) is 13.4. The number of halogens is 1. The molecule has 0 aliphatic rings. The molecule has 1 amide bonds. The predicted molar refractivity (Wildman–Crippen MR) is 148 cm³/mol. The highest BCUT2D eigenvalue weighted by molar-refractivity contribution is 7.99. The summed E-state index contributed by atoms with van der Waals surface area (Å²) >= 11 is 1.60. The predicted octanol–water partition coefficient (Wildman–Crippen LogP) is 3.84. The molecule has 194 valence electrons. The van der Waals surface area contributed by atoms with Crippen molar-refractivity contribution in [2.24, 2.45) is 0 Å².